The number of hydrogen-bond donors (Lipinski definition) is 1. The Labute approximate surface area is 196 Å². The van der Waals surface area contributed by atoms with E-state index in [0.29, 0.717) is 38.7 Å². The molecule has 0 radical (unpaired) electrons. The molecule has 9 heteroatoms. The zero-order valence-corrected chi connectivity index (χ0v) is 20.7. The number of anilines is 1. The van der Waals surface area contributed by atoms with Gasteiger partial charge >= 0.3 is 6.09 Å². The normalized spacial score (nSPS) is 18.1. The number of piperidine rings is 1. The van der Waals surface area contributed by atoms with Gasteiger partial charge in [-0.1, -0.05) is 0 Å². The summed E-state index contributed by atoms with van der Waals surface area (Å²) in [6, 6.07) is 4.10. The van der Waals surface area contributed by atoms with Gasteiger partial charge in [-0.15, -0.1) is 24.0 Å². The lowest BCUT2D eigenvalue weighted by molar-refractivity contribution is 0.0186. The molecule has 8 nitrogen and oxygen atoms in total. The van der Waals surface area contributed by atoms with Gasteiger partial charge in [-0.05, 0) is 57.7 Å². The standard InChI is InChI=1S/C21H34N6O2.HI/c1-21(2,3)29-20(28)27-13-11-26(12-14-27)19(22)24-16-17-7-8-23-18(15-17)25-9-5-4-6-10-25;/h7-8,15H,4-6,9-14,16H2,1-3H3,(H2,22,24);1H. The predicted molar refractivity (Wildman–Crippen MR) is 130 cm³/mol. The molecule has 3 rings (SSSR count). The molecule has 0 spiro atoms. The highest BCUT2D eigenvalue weighted by atomic mass is 127. The quantitative estimate of drug-likeness (QED) is 0.367. The highest BCUT2D eigenvalue weighted by Crippen LogP contribution is 2.19. The molecule has 0 aliphatic carbocycles. The fourth-order valence-electron chi connectivity index (χ4n) is 3.57. The number of ether oxygens (including phenoxy) is 1. The zero-order chi connectivity index (χ0) is 20.9. The Morgan fingerprint density at radius 2 is 1.73 bits per heavy atom. The number of piperazine rings is 1. The lowest BCUT2D eigenvalue weighted by Crippen LogP contribution is -2.53. The van der Waals surface area contributed by atoms with Crippen molar-refractivity contribution < 1.29 is 9.53 Å². The zero-order valence-electron chi connectivity index (χ0n) is 18.3. The van der Waals surface area contributed by atoms with Crippen LogP contribution in [-0.4, -0.2) is 71.7 Å². The van der Waals surface area contributed by atoms with E-state index < -0.39 is 5.60 Å². The summed E-state index contributed by atoms with van der Waals surface area (Å²) in [5.41, 5.74) is 6.84. The molecular formula is C21H35IN6O2. The number of rotatable bonds is 3. The number of halogens is 1. The second kappa shape index (κ2) is 11.0. The minimum Gasteiger partial charge on any atom is -0.444 e. The van der Waals surface area contributed by atoms with Crippen LogP contribution in [0.15, 0.2) is 23.3 Å². The lowest BCUT2D eigenvalue weighted by atomic mass is 10.1. The number of carbonyl (C=O) groups excluding carboxylic acids is 1. The van der Waals surface area contributed by atoms with Gasteiger partial charge in [0.1, 0.15) is 11.4 Å². The summed E-state index contributed by atoms with van der Waals surface area (Å²) in [5, 5.41) is 0. The molecule has 0 saturated carbocycles. The molecule has 2 aliphatic rings. The molecule has 0 unspecified atom stereocenters. The van der Waals surface area contributed by atoms with E-state index >= 15 is 0 Å². The molecule has 1 aromatic heterocycles. The van der Waals surface area contributed by atoms with E-state index in [0.717, 1.165) is 24.5 Å². The maximum absolute atomic E-state index is 12.2. The van der Waals surface area contributed by atoms with E-state index in [9.17, 15) is 4.79 Å². The van der Waals surface area contributed by atoms with Crippen LogP contribution in [0.5, 0.6) is 0 Å². The average Bonchev–Trinajstić information content (AvgIpc) is 2.72. The van der Waals surface area contributed by atoms with Gasteiger partial charge in [0.15, 0.2) is 5.96 Å². The maximum Gasteiger partial charge on any atom is 0.410 e. The fraction of sp³-hybridized carbons (Fsp3) is 0.667. The summed E-state index contributed by atoms with van der Waals surface area (Å²) < 4.78 is 5.44. The van der Waals surface area contributed by atoms with Crippen LogP contribution in [0.4, 0.5) is 10.6 Å². The van der Waals surface area contributed by atoms with Crippen molar-refractivity contribution in [2.45, 2.75) is 52.2 Å². The van der Waals surface area contributed by atoms with Crippen molar-refractivity contribution in [2.75, 3.05) is 44.2 Å². The molecule has 0 bridgehead atoms. The highest BCUT2D eigenvalue weighted by Gasteiger charge is 2.26. The van der Waals surface area contributed by atoms with E-state index in [1.807, 2.05) is 37.9 Å². The minimum atomic E-state index is -0.480. The largest absolute Gasteiger partial charge is 0.444 e. The number of nitrogens with two attached hydrogens (primary N) is 1. The summed E-state index contributed by atoms with van der Waals surface area (Å²) >= 11 is 0. The molecular weight excluding hydrogens is 495 g/mol. The molecule has 3 heterocycles. The predicted octanol–water partition coefficient (Wildman–Crippen LogP) is 3.06. The first kappa shape index (κ1) is 24.5. The van der Waals surface area contributed by atoms with Crippen LogP contribution in [-0.2, 0) is 11.3 Å². The van der Waals surface area contributed by atoms with Crippen LogP contribution in [0, 0.1) is 0 Å². The van der Waals surface area contributed by atoms with Gasteiger partial charge < -0.3 is 25.2 Å². The number of carbonyl (C=O) groups is 1. The van der Waals surface area contributed by atoms with Crippen molar-refractivity contribution in [3.8, 4) is 0 Å². The Hall–Kier alpha value is -1.78. The van der Waals surface area contributed by atoms with Gasteiger partial charge in [0.25, 0.3) is 0 Å². The Morgan fingerprint density at radius 1 is 1.10 bits per heavy atom. The Bertz CT molecular complexity index is 722. The molecule has 1 aromatic rings. The summed E-state index contributed by atoms with van der Waals surface area (Å²) in [7, 11) is 0. The van der Waals surface area contributed by atoms with Crippen molar-refractivity contribution >= 4 is 41.8 Å². The third kappa shape index (κ3) is 7.17. The van der Waals surface area contributed by atoms with Crippen LogP contribution in [0.25, 0.3) is 0 Å². The molecule has 2 fully saturated rings. The van der Waals surface area contributed by atoms with Gasteiger partial charge in [-0.25, -0.2) is 14.8 Å². The van der Waals surface area contributed by atoms with E-state index in [1.165, 1.54) is 19.3 Å². The second-order valence-electron chi connectivity index (χ2n) is 8.70. The fourth-order valence-corrected chi connectivity index (χ4v) is 3.57. The Kier molecular flexibility index (Phi) is 8.99. The Balaban J connectivity index is 0.00000320. The highest BCUT2D eigenvalue weighted by molar-refractivity contribution is 14.0. The number of pyridine rings is 1. The minimum absolute atomic E-state index is 0. The molecule has 0 aromatic carbocycles. The number of guanidine groups is 1. The molecule has 2 N–H and O–H groups in total. The molecule has 1 amide bonds. The van der Waals surface area contributed by atoms with Crippen molar-refractivity contribution in [1.29, 1.82) is 0 Å². The van der Waals surface area contributed by atoms with Gasteiger partial charge in [-0.3, -0.25) is 0 Å². The van der Waals surface area contributed by atoms with Crippen molar-refractivity contribution in [2.24, 2.45) is 10.7 Å². The molecule has 2 aliphatic heterocycles. The van der Waals surface area contributed by atoms with Crippen LogP contribution in [0.1, 0.15) is 45.6 Å². The van der Waals surface area contributed by atoms with Gasteiger partial charge in [0, 0.05) is 45.5 Å². The first-order valence-electron chi connectivity index (χ1n) is 10.5. The number of amides is 1. The van der Waals surface area contributed by atoms with Crippen LogP contribution in [0.3, 0.4) is 0 Å². The molecule has 30 heavy (non-hydrogen) atoms. The van der Waals surface area contributed by atoms with Crippen molar-refractivity contribution in [3.63, 3.8) is 0 Å². The van der Waals surface area contributed by atoms with E-state index in [4.69, 9.17) is 10.5 Å². The average molecular weight is 530 g/mol. The summed E-state index contributed by atoms with van der Waals surface area (Å²) in [5.74, 6) is 1.55. The van der Waals surface area contributed by atoms with Crippen LogP contribution >= 0.6 is 24.0 Å². The third-order valence-corrected chi connectivity index (χ3v) is 5.17. The van der Waals surface area contributed by atoms with E-state index in [-0.39, 0.29) is 30.1 Å². The lowest BCUT2D eigenvalue weighted by Gasteiger charge is -2.36. The first-order valence-corrected chi connectivity index (χ1v) is 10.5. The summed E-state index contributed by atoms with van der Waals surface area (Å²) in [6.07, 6.45) is 5.34. The van der Waals surface area contributed by atoms with Crippen LogP contribution in [0.2, 0.25) is 0 Å². The SMILES string of the molecule is CC(C)(C)OC(=O)N1CCN(C(N)=NCc2ccnc(N3CCCCC3)c2)CC1.I. The molecule has 2 saturated heterocycles. The maximum atomic E-state index is 12.2. The van der Waals surface area contributed by atoms with Gasteiger partial charge in [-0.2, -0.15) is 0 Å². The van der Waals surface area contributed by atoms with E-state index in [2.05, 4.69) is 20.9 Å². The topological polar surface area (TPSA) is 87.3 Å². The number of nitrogens with zero attached hydrogens (tertiary/aromatic N) is 5. The molecule has 168 valence electrons. The van der Waals surface area contributed by atoms with Gasteiger partial charge in [0.05, 0.1) is 6.54 Å². The summed E-state index contributed by atoms with van der Waals surface area (Å²) in [4.78, 5) is 27.4. The van der Waals surface area contributed by atoms with Crippen LogP contribution < -0.4 is 10.6 Å². The first-order chi connectivity index (χ1) is 13.8. The number of aromatic nitrogens is 1. The Morgan fingerprint density at radius 3 is 2.37 bits per heavy atom. The summed E-state index contributed by atoms with van der Waals surface area (Å²) in [6.45, 7) is 10.8. The van der Waals surface area contributed by atoms with Crippen molar-refractivity contribution in [1.82, 2.24) is 14.8 Å². The number of aliphatic imine (C=N–C) groups is 1. The molecule has 0 atom stereocenters. The second-order valence-corrected chi connectivity index (χ2v) is 8.70. The van der Waals surface area contributed by atoms with E-state index in [1.54, 1.807) is 4.90 Å². The smallest absolute Gasteiger partial charge is 0.410 e. The third-order valence-electron chi connectivity index (χ3n) is 5.17. The number of hydrogen-bond acceptors (Lipinski definition) is 5. The monoisotopic (exact) mass is 530 g/mol. The van der Waals surface area contributed by atoms with Gasteiger partial charge in [0.2, 0.25) is 0 Å². The van der Waals surface area contributed by atoms with Crippen molar-refractivity contribution in [3.05, 3.63) is 23.9 Å².